The summed E-state index contributed by atoms with van der Waals surface area (Å²) >= 11 is 0. The summed E-state index contributed by atoms with van der Waals surface area (Å²) < 4.78 is 0. The van der Waals surface area contributed by atoms with E-state index in [0.717, 1.165) is 22.3 Å². The van der Waals surface area contributed by atoms with Crippen LogP contribution in [0.25, 0.3) is 11.1 Å². The number of benzene rings is 2. The number of aliphatic carboxylic acids is 1. The molecule has 0 atom stereocenters. The number of carboxylic acid groups (broad SMARTS) is 1. The fourth-order valence-electron chi connectivity index (χ4n) is 1.87. The largest absolute Gasteiger partial charge is 0.481 e. The summed E-state index contributed by atoms with van der Waals surface area (Å²) in [6.07, 6.45) is 0.0503. The van der Waals surface area contributed by atoms with E-state index in [4.69, 9.17) is 10.8 Å². The molecule has 0 saturated carbocycles. The fraction of sp³-hybridized carbons (Fsp3) is 0.133. The molecule has 0 fully saturated rings. The van der Waals surface area contributed by atoms with E-state index >= 15 is 0 Å². The molecule has 18 heavy (non-hydrogen) atoms. The number of carbonyl (C=O) groups is 1. The van der Waals surface area contributed by atoms with Crippen molar-refractivity contribution in [3.8, 4) is 11.1 Å². The van der Waals surface area contributed by atoms with Gasteiger partial charge < -0.3 is 10.8 Å². The van der Waals surface area contributed by atoms with E-state index < -0.39 is 5.97 Å². The first-order chi connectivity index (χ1) is 8.69. The van der Waals surface area contributed by atoms with Crippen LogP contribution in [0.4, 0.5) is 0 Å². The maximum Gasteiger partial charge on any atom is 0.307 e. The van der Waals surface area contributed by atoms with Gasteiger partial charge in [-0.3, -0.25) is 4.79 Å². The summed E-state index contributed by atoms with van der Waals surface area (Å²) in [5.74, 6) is -0.814. The predicted molar refractivity (Wildman–Crippen MR) is 71.1 cm³/mol. The minimum absolute atomic E-state index is 0.0503. The molecule has 0 amide bonds. The first kappa shape index (κ1) is 12.3. The van der Waals surface area contributed by atoms with Crippen LogP contribution in [0, 0.1) is 0 Å². The Balaban J connectivity index is 2.29. The van der Waals surface area contributed by atoms with Gasteiger partial charge in [0.05, 0.1) is 6.42 Å². The first-order valence-corrected chi connectivity index (χ1v) is 5.79. The monoisotopic (exact) mass is 241 g/mol. The van der Waals surface area contributed by atoms with Crippen LogP contribution in [0.2, 0.25) is 0 Å². The lowest BCUT2D eigenvalue weighted by molar-refractivity contribution is -0.136. The number of carboxylic acids is 1. The summed E-state index contributed by atoms with van der Waals surface area (Å²) in [6.45, 7) is 0.527. The molecule has 0 aliphatic heterocycles. The summed E-state index contributed by atoms with van der Waals surface area (Å²) in [4.78, 5) is 10.7. The van der Waals surface area contributed by atoms with Crippen molar-refractivity contribution in [2.45, 2.75) is 13.0 Å². The Morgan fingerprint density at radius 2 is 1.72 bits per heavy atom. The Hall–Kier alpha value is -2.13. The van der Waals surface area contributed by atoms with E-state index in [-0.39, 0.29) is 6.42 Å². The average Bonchev–Trinajstić information content (AvgIpc) is 2.38. The molecule has 2 aromatic carbocycles. The van der Waals surface area contributed by atoms with Gasteiger partial charge in [-0.15, -0.1) is 0 Å². The van der Waals surface area contributed by atoms with Gasteiger partial charge in [-0.1, -0.05) is 48.5 Å². The molecule has 3 N–H and O–H groups in total. The lowest BCUT2D eigenvalue weighted by Crippen LogP contribution is -1.99. The second kappa shape index (κ2) is 5.47. The molecule has 92 valence electrons. The topological polar surface area (TPSA) is 63.3 Å². The Labute approximate surface area is 106 Å². The van der Waals surface area contributed by atoms with Crippen LogP contribution in [-0.4, -0.2) is 11.1 Å². The Morgan fingerprint density at radius 3 is 2.33 bits per heavy atom. The van der Waals surface area contributed by atoms with E-state index in [1.165, 1.54) is 0 Å². The SMILES string of the molecule is NCc1ccc(-c2cccc(CC(=O)O)c2)cc1. The van der Waals surface area contributed by atoms with Crippen molar-refractivity contribution in [3.63, 3.8) is 0 Å². The average molecular weight is 241 g/mol. The normalized spacial score (nSPS) is 10.3. The van der Waals surface area contributed by atoms with Crippen LogP contribution < -0.4 is 5.73 Å². The minimum atomic E-state index is -0.814. The smallest absolute Gasteiger partial charge is 0.307 e. The van der Waals surface area contributed by atoms with Crippen LogP contribution >= 0.6 is 0 Å². The van der Waals surface area contributed by atoms with Crippen molar-refractivity contribution in [1.82, 2.24) is 0 Å². The van der Waals surface area contributed by atoms with E-state index in [1.54, 1.807) is 0 Å². The van der Waals surface area contributed by atoms with Gasteiger partial charge in [-0.2, -0.15) is 0 Å². The highest BCUT2D eigenvalue weighted by Gasteiger charge is 2.03. The molecule has 0 saturated heterocycles. The Kier molecular flexibility index (Phi) is 3.75. The zero-order valence-electron chi connectivity index (χ0n) is 9.97. The molecule has 0 bridgehead atoms. The van der Waals surface area contributed by atoms with Crippen LogP contribution in [0.3, 0.4) is 0 Å². The molecule has 0 radical (unpaired) electrons. The third-order valence-electron chi connectivity index (χ3n) is 2.81. The Bertz CT molecular complexity index is 547. The van der Waals surface area contributed by atoms with Crippen molar-refractivity contribution in [3.05, 3.63) is 59.7 Å². The van der Waals surface area contributed by atoms with E-state index in [0.29, 0.717) is 6.54 Å². The van der Waals surface area contributed by atoms with Crippen LogP contribution in [0.1, 0.15) is 11.1 Å². The van der Waals surface area contributed by atoms with Crippen LogP contribution in [-0.2, 0) is 17.8 Å². The van der Waals surface area contributed by atoms with E-state index in [1.807, 2.05) is 48.5 Å². The third-order valence-corrected chi connectivity index (χ3v) is 2.81. The third kappa shape index (κ3) is 2.96. The van der Waals surface area contributed by atoms with Crippen molar-refractivity contribution >= 4 is 5.97 Å². The van der Waals surface area contributed by atoms with Gasteiger partial charge in [0, 0.05) is 6.54 Å². The summed E-state index contributed by atoms with van der Waals surface area (Å²) in [7, 11) is 0. The molecular weight excluding hydrogens is 226 g/mol. The maximum atomic E-state index is 10.7. The lowest BCUT2D eigenvalue weighted by atomic mass is 10.0. The first-order valence-electron chi connectivity index (χ1n) is 5.79. The maximum absolute atomic E-state index is 10.7. The summed E-state index contributed by atoms with van der Waals surface area (Å²) in [6, 6.07) is 15.6. The highest BCUT2D eigenvalue weighted by molar-refractivity contribution is 5.72. The molecule has 0 unspecified atom stereocenters. The van der Waals surface area contributed by atoms with Gasteiger partial charge in [0.15, 0.2) is 0 Å². The molecule has 2 rings (SSSR count). The molecule has 2 aromatic rings. The zero-order chi connectivity index (χ0) is 13.0. The molecule has 0 heterocycles. The van der Waals surface area contributed by atoms with E-state index in [2.05, 4.69) is 0 Å². The predicted octanol–water partition coefficient (Wildman–Crippen LogP) is 2.44. The van der Waals surface area contributed by atoms with Crippen molar-refractivity contribution in [2.24, 2.45) is 5.73 Å². The van der Waals surface area contributed by atoms with Crippen molar-refractivity contribution < 1.29 is 9.90 Å². The van der Waals surface area contributed by atoms with Crippen LogP contribution in [0.15, 0.2) is 48.5 Å². The molecule has 0 aromatic heterocycles. The highest BCUT2D eigenvalue weighted by Crippen LogP contribution is 2.21. The number of nitrogens with two attached hydrogens (primary N) is 1. The van der Waals surface area contributed by atoms with E-state index in [9.17, 15) is 4.79 Å². The van der Waals surface area contributed by atoms with Gasteiger partial charge in [0.1, 0.15) is 0 Å². The van der Waals surface area contributed by atoms with Crippen LogP contribution in [0.5, 0.6) is 0 Å². The lowest BCUT2D eigenvalue weighted by Gasteiger charge is -2.05. The number of hydrogen-bond donors (Lipinski definition) is 2. The fourth-order valence-corrected chi connectivity index (χ4v) is 1.87. The van der Waals surface area contributed by atoms with Gasteiger partial charge >= 0.3 is 5.97 Å². The van der Waals surface area contributed by atoms with Gasteiger partial charge in [0.25, 0.3) is 0 Å². The molecule has 0 aliphatic carbocycles. The van der Waals surface area contributed by atoms with Crippen molar-refractivity contribution in [1.29, 1.82) is 0 Å². The standard InChI is InChI=1S/C15H15NO2/c16-10-11-4-6-13(7-5-11)14-3-1-2-12(8-14)9-15(17)18/h1-8H,9-10,16H2,(H,17,18). The number of hydrogen-bond acceptors (Lipinski definition) is 2. The molecule has 0 aliphatic rings. The molecule has 0 spiro atoms. The Morgan fingerprint density at radius 1 is 1.00 bits per heavy atom. The van der Waals surface area contributed by atoms with Crippen molar-refractivity contribution in [2.75, 3.05) is 0 Å². The quantitative estimate of drug-likeness (QED) is 0.864. The zero-order valence-corrected chi connectivity index (χ0v) is 9.97. The van der Waals surface area contributed by atoms with Gasteiger partial charge in [-0.05, 0) is 22.3 Å². The minimum Gasteiger partial charge on any atom is -0.481 e. The summed E-state index contributed by atoms with van der Waals surface area (Å²) in [5.41, 5.74) is 9.54. The number of rotatable bonds is 4. The van der Waals surface area contributed by atoms with Gasteiger partial charge in [-0.25, -0.2) is 0 Å². The molecular formula is C15H15NO2. The molecule has 3 nitrogen and oxygen atoms in total. The molecule has 3 heteroatoms. The second-order valence-corrected chi connectivity index (χ2v) is 4.17. The summed E-state index contributed by atoms with van der Waals surface area (Å²) in [5, 5.41) is 8.78. The van der Waals surface area contributed by atoms with Gasteiger partial charge in [0.2, 0.25) is 0 Å². The second-order valence-electron chi connectivity index (χ2n) is 4.17. The highest BCUT2D eigenvalue weighted by atomic mass is 16.4.